The maximum Gasteiger partial charge on any atom is 0.134 e. The van der Waals surface area contributed by atoms with E-state index in [0.717, 1.165) is 17.9 Å². The molecule has 1 aromatic heterocycles. The number of fused-ring (bicyclic) bond motifs is 3. The molecule has 0 fully saturated rings. The average Bonchev–Trinajstić information content (AvgIpc) is 3.38. The first kappa shape index (κ1) is 24.7. The van der Waals surface area contributed by atoms with Gasteiger partial charge in [-0.1, -0.05) is 42.5 Å². The summed E-state index contributed by atoms with van der Waals surface area (Å²) in [5.41, 5.74) is 3.84. The van der Waals surface area contributed by atoms with Crippen LogP contribution < -0.4 is 24.8 Å². The minimum atomic E-state index is 0. The third-order valence-electron chi connectivity index (χ3n) is 4.90. The molecule has 1 nitrogen and oxygen atoms in total. The monoisotopic (exact) mass is 511 g/mol. The van der Waals surface area contributed by atoms with E-state index in [0.29, 0.717) is 0 Å². The second kappa shape index (κ2) is 10.6. The number of benzene rings is 2. The minimum Gasteiger partial charge on any atom is -1.00 e. The quantitative estimate of drug-likeness (QED) is 0.368. The van der Waals surface area contributed by atoms with Crippen molar-refractivity contribution in [2.24, 2.45) is 0 Å². The van der Waals surface area contributed by atoms with Gasteiger partial charge in [-0.15, -0.1) is 39.7 Å². The van der Waals surface area contributed by atoms with Gasteiger partial charge in [0.1, 0.15) is 11.5 Å². The molecule has 0 spiro atoms. The Kier molecular flexibility index (Phi) is 8.74. The number of aryl methyl sites for hydroxylation is 1. The van der Waals surface area contributed by atoms with Crippen LogP contribution in [0.3, 0.4) is 0 Å². The Labute approximate surface area is 205 Å². The molecule has 4 heteroatoms. The molecule has 0 N–H and O–H groups in total. The topological polar surface area (TPSA) is 13.1 Å². The maximum absolute atomic E-state index is 5.85. The fourth-order valence-electron chi connectivity index (χ4n) is 3.73. The van der Waals surface area contributed by atoms with Gasteiger partial charge in [0, 0.05) is 5.57 Å². The first-order valence-corrected chi connectivity index (χ1v) is 10.8. The van der Waals surface area contributed by atoms with Gasteiger partial charge in [-0.3, -0.25) is 0 Å². The molecule has 1 aliphatic carbocycles. The van der Waals surface area contributed by atoms with Crippen LogP contribution in [0.15, 0.2) is 77.2 Å². The predicted octanol–water partition coefficient (Wildman–Crippen LogP) is 1.24. The van der Waals surface area contributed by atoms with E-state index >= 15 is 0 Å². The molecule has 0 saturated heterocycles. The van der Waals surface area contributed by atoms with E-state index in [-0.39, 0.29) is 24.8 Å². The van der Waals surface area contributed by atoms with Crippen molar-refractivity contribution in [3.05, 3.63) is 89.9 Å². The fraction of sp³-hybridized carbons (Fsp3) is 0.154. The minimum absolute atomic E-state index is 0. The predicted molar refractivity (Wildman–Crippen MR) is 117 cm³/mol. The van der Waals surface area contributed by atoms with Gasteiger partial charge in [-0.05, 0) is 36.6 Å². The van der Waals surface area contributed by atoms with Crippen molar-refractivity contribution in [2.75, 3.05) is 0 Å². The first-order valence-electron chi connectivity index (χ1n) is 9.60. The van der Waals surface area contributed by atoms with E-state index < -0.39 is 0 Å². The molecule has 0 amide bonds. The number of rotatable bonds is 2. The standard InChI is InChI=1S/C23H17O.C3H6.2ClH.Zr/c1-15-9-12-23(24-15)21-8-4-7-19(21)18-11-10-17-13-16-5-2-3-6-20(16)22(17)14-18;1-3-2;;;/h2-6,8-14H,7H2,1H3;1-2H3;2*1H;/q-1;;;;+2/p-2. The first-order chi connectivity index (χ1) is 13.5. The van der Waals surface area contributed by atoms with Gasteiger partial charge in [0.2, 0.25) is 0 Å². The zero-order chi connectivity index (χ0) is 19.7. The normalized spacial score (nSPS) is 12.4. The van der Waals surface area contributed by atoms with E-state index in [4.69, 9.17) is 4.42 Å². The Balaban J connectivity index is 0.000000494. The number of hydrogen-bond donors (Lipinski definition) is 0. The van der Waals surface area contributed by atoms with Crippen molar-refractivity contribution >= 4 is 35.9 Å². The summed E-state index contributed by atoms with van der Waals surface area (Å²) in [5.74, 6) is 1.92. The molecule has 0 unspecified atom stereocenters. The second-order valence-corrected chi connectivity index (χ2v) is 9.90. The van der Waals surface area contributed by atoms with Crippen LogP contribution >= 0.6 is 0 Å². The molecule has 4 aromatic rings. The van der Waals surface area contributed by atoms with Crippen molar-refractivity contribution in [3.63, 3.8) is 0 Å². The third kappa shape index (κ3) is 5.17. The third-order valence-corrected chi connectivity index (χ3v) is 4.90. The zero-order valence-electron chi connectivity index (χ0n) is 17.3. The summed E-state index contributed by atoms with van der Waals surface area (Å²) in [6.45, 7) is 6.24. The summed E-state index contributed by atoms with van der Waals surface area (Å²) in [4.78, 5) is 0. The number of furan rings is 1. The Morgan fingerprint density at radius 2 is 1.63 bits per heavy atom. The van der Waals surface area contributed by atoms with Crippen LogP contribution in [0.1, 0.15) is 37.4 Å². The van der Waals surface area contributed by atoms with Gasteiger partial charge in [-0.2, -0.15) is 0 Å². The summed E-state index contributed by atoms with van der Waals surface area (Å²) < 4.78 is 7.36. The summed E-state index contributed by atoms with van der Waals surface area (Å²) in [7, 11) is 0. The van der Waals surface area contributed by atoms with E-state index in [1.165, 1.54) is 41.5 Å². The molecule has 5 rings (SSSR count). The van der Waals surface area contributed by atoms with E-state index in [2.05, 4.69) is 80.6 Å². The Hall–Kier alpha value is -1.60. The summed E-state index contributed by atoms with van der Waals surface area (Å²) in [6, 6.07) is 21.8. The van der Waals surface area contributed by atoms with Gasteiger partial charge in [-0.25, -0.2) is 0 Å². The van der Waals surface area contributed by atoms with Gasteiger partial charge in [0.05, 0.1) is 0 Å². The second-order valence-electron chi connectivity index (χ2n) is 7.44. The molecule has 152 valence electrons. The SMILES string of the molecule is C[C](C)=[Zr+2].Cc1ccc(C2=C(c3ccc4[cH-]c5ccccc5c4c3)CC=C2)o1.[Cl-].[Cl-]. The van der Waals surface area contributed by atoms with E-state index in [1.54, 1.807) is 24.2 Å². The van der Waals surface area contributed by atoms with Crippen LogP contribution in [0.4, 0.5) is 0 Å². The fourth-order valence-corrected chi connectivity index (χ4v) is 3.73. The molecular weight excluding hydrogens is 490 g/mol. The molecule has 0 bridgehead atoms. The zero-order valence-corrected chi connectivity index (χ0v) is 21.3. The Morgan fingerprint density at radius 1 is 0.933 bits per heavy atom. The molecule has 3 aromatic carbocycles. The van der Waals surface area contributed by atoms with Crippen molar-refractivity contribution < 1.29 is 53.5 Å². The molecule has 0 saturated carbocycles. The van der Waals surface area contributed by atoms with Gasteiger partial charge in [0.25, 0.3) is 0 Å². The molecule has 0 radical (unpaired) electrons. The summed E-state index contributed by atoms with van der Waals surface area (Å²) >= 11 is 1.55. The largest absolute Gasteiger partial charge is 1.00 e. The number of hydrogen-bond acceptors (Lipinski definition) is 1. The summed E-state index contributed by atoms with van der Waals surface area (Å²) in [6.07, 6.45) is 5.36. The number of halogens is 2. The Bertz CT molecular complexity index is 1240. The van der Waals surface area contributed by atoms with Crippen molar-refractivity contribution in [1.82, 2.24) is 0 Å². The number of allylic oxidation sites excluding steroid dienone is 4. The molecule has 1 heterocycles. The van der Waals surface area contributed by atoms with Gasteiger partial charge < -0.3 is 29.2 Å². The van der Waals surface area contributed by atoms with Gasteiger partial charge in [0.15, 0.2) is 0 Å². The molecular formula is C26H23Cl2OZr-. The van der Waals surface area contributed by atoms with Crippen molar-refractivity contribution in [1.29, 1.82) is 0 Å². The van der Waals surface area contributed by atoms with Crippen LogP contribution in [0.2, 0.25) is 0 Å². The summed E-state index contributed by atoms with van der Waals surface area (Å²) in [5, 5.41) is 5.28. The van der Waals surface area contributed by atoms with Crippen LogP contribution in [-0.4, -0.2) is 3.21 Å². The molecule has 30 heavy (non-hydrogen) atoms. The molecule has 0 atom stereocenters. The van der Waals surface area contributed by atoms with Gasteiger partial charge >= 0.3 is 41.3 Å². The molecule has 0 aliphatic heterocycles. The van der Waals surface area contributed by atoms with Crippen LogP contribution in [-0.2, 0) is 24.2 Å². The molecule has 1 aliphatic rings. The van der Waals surface area contributed by atoms with Crippen LogP contribution in [0.5, 0.6) is 0 Å². The maximum atomic E-state index is 5.85. The Morgan fingerprint density at radius 3 is 2.33 bits per heavy atom. The average molecular weight is 514 g/mol. The van der Waals surface area contributed by atoms with E-state index in [1.807, 2.05) is 13.0 Å². The van der Waals surface area contributed by atoms with Crippen LogP contribution in [0.25, 0.3) is 32.7 Å². The van der Waals surface area contributed by atoms with E-state index in [9.17, 15) is 0 Å². The van der Waals surface area contributed by atoms with Crippen molar-refractivity contribution in [2.45, 2.75) is 27.2 Å². The van der Waals surface area contributed by atoms with Crippen LogP contribution in [0, 0.1) is 6.92 Å². The smallest absolute Gasteiger partial charge is 0.134 e. The van der Waals surface area contributed by atoms with Crippen molar-refractivity contribution in [3.8, 4) is 0 Å².